The Morgan fingerprint density at radius 2 is 1.82 bits per heavy atom. The first kappa shape index (κ1) is 16.1. The highest BCUT2D eigenvalue weighted by Crippen LogP contribution is 2.16. The highest BCUT2D eigenvalue weighted by molar-refractivity contribution is 5.78. The number of aryl methyl sites for hydroxylation is 2. The van der Waals surface area contributed by atoms with Gasteiger partial charge in [-0.05, 0) is 43.0 Å². The Balaban J connectivity index is 1.87. The van der Waals surface area contributed by atoms with Gasteiger partial charge in [0.1, 0.15) is 5.75 Å². The summed E-state index contributed by atoms with van der Waals surface area (Å²) in [5.41, 5.74) is 3.42. The number of hydrogen-bond acceptors (Lipinski definition) is 2. The molecule has 0 fully saturated rings. The first-order valence-electron chi connectivity index (χ1n) is 7.66. The van der Waals surface area contributed by atoms with Crippen molar-refractivity contribution in [3.63, 3.8) is 0 Å². The van der Waals surface area contributed by atoms with Gasteiger partial charge in [0.05, 0.1) is 6.04 Å². The van der Waals surface area contributed by atoms with Crippen molar-refractivity contribution in [1.29, 1.82) is 0 Å². The summed E-state index contributed by atoms with van der Waals surface area (Å²) < 4.78 is 5.56. The minimum Gasteiger partial charge on any atom is -0.484 e. The molecule has 2 aromatic rings. The molecule has 3 nitrogen and oxygen atoms in total. The molecule has 0 aliphatic heterocycles. The molecule has 0 aromatic heterocycles. The van der Waals surface area contributed by atoms with Crippen LogP contribution in [0.15, 0.2) is 48.5 Å². The van der Waals surface area contributed by atoms with E-state index >= 15 is 0 Å². The van der Waals surface area contributed by atoms with Crippen molar-refractivity contribution in [2.45, 2.75) is 33.2 Å². The van der Waals surface area contributed by atoms with Gasteiger partial charge in [0.15, 0.2) is 6.61 Å². The molecule has 0 bridgehead atoms. The maximum atomic E-state index is 12.0. The van der Waals surface area contributed by atoms with Crippen LogP contribution in [-0.4, -0.2) is 12.5 Å². The molecule has 116 valence electrons. The fourth-order valence-electron chi connectivity index (χ4n) is 2.27. The van der Waals surface area contributed by atoms with Crippen LogP contribution in [0.25, 0.3) is 0 Å². The van der Waals surface area contributed by atoms with Gasteiger partial charge in [0.25, 0.3) is 5.91 Å². The number of benzene rings is 2. The number of carbonyl (C=O) groups excluding carboxylic acids is 1. The minimum absolute atomic E-state index is 0.0288. The average Bonchev–Trinajstić information content (AvgIpc) is 2.54. The first-order valence-corrected chi connectivity index (χ1v) is 7.66. The third-order valence-electron chi connectivity index (χ3n) is 3.72. The minimum atomic E-state index is -0.115. The van der Waals surface area contributed by atoms with Crippen molar-refractivity contribution in [2.75, 3.05) is 6.61 Å². The number of ether oxygens (including phenoxy) is 1. The van der Waals surface area contributed by atoms with Crippen molar-refractivity contribution < 1.29 is 9.53 Å². The molecule has 3 heteroatoms. The lowest BCUT2D eigenvalue weighted by molar-refractivity contribution is -0.123. The van der Waals surface area contributed by atoms with E-state index in [0.717, 1.165) is 23.3 Å². The molecule has 0 spiro atoms. The van der Waals surface area contributed by atoms with Crippen LogP contribution in [0, 0.1) is 6.92 Å². The zero-order valence-corrected chi connectivity index (χ0v) is 13.4. The molecule has 1 atom stereocenters. The second kappa shape index (κ2) is 7.64. The summed E-state index contributed by atoms with van der Waals surface area (Å²) in [6.45, 7) is 6.10. The predicted molar refractivity (Wildman–Crippen MR) is 89.1 cm³/mol. The summed E-state index contributed by atoms with van der Waals surface area (Å²) >= 11 is 0. The fourth-order valence-corrected chi connectivity index (χ4v) is 2.27. The fraction of sp³-hybridized carbons (Fsp3) is 0.316. The zero-order chi connectivity index (χ0) is 15.9. The predicted octanol–water partition coefficient (Wildman–Crippen LogP) is 3.81. The molecule has 22 heavy (non-hydrogen) atoms. The Labute approximate surface area is 132 Å². The Bertz CT molecular complexity index is 620. The van der Waals surface area contributed by atoms with Crippen molar-refractivity contribution in [2.24, 2.45) is 0 Å². The highest BCUT2D eigenvalue weighted by Gasteiger charge is 2.10. The van der Waals surface area contributed by atoms with Crippen molar-refractivity contribution in [3.8, 4) is 5.75 Å². The molecule has 0 saturated carbocycles. The normalized spacial score (nSPS) is 11.8. The molecule has 0 heterocycles. The Morgan fingerprint density at radius 1 is 1.14 bits per heavy atom. The van der Waals surface area contributed by atoms with Gasteiger partial charge in [-0.2, -0.15) is 0 Å². The van der Waals surface area contributed by atoms with Gasteiger partial charge in [-0.15, -0.1) is 0 Å². The lowest BCUT2D eigenvalue weighted by Crippen LogP contribution is -2.31. The van der Waals surface area contributed by atoms with Crippen molar-refractivity contribution >= 4 is 5.91 Å². The summed E-state index contributed by atoms with van der Waals surface area (Å²) in [5, 5.41) is 2.96. The molecule has 2 aromatic carbocycles. The van der Waals surface area contributed by atoms with Crippen LogP contribution in [-0.2, 0) is 11.2 Å². The van der Waals surface area contributed by atoms with E-state index in [1.807, 2.05) is 38.1 Å². The van der Waals surface area contributed by atoms with Gasteiger partial charge < -0.3 is 10.1 Å². The van der Waals surface area contributed by atoms with Crippen LogP contribution in [0.3, 0.4) is 0 Å². The maximum Gasteiger partial charge on any atom is 0.258 e. The van der Waals surface area contributed by atoms with Crippen molar-refractivity contribution in [3.05, 3.63) is 65.2 Å². The molecule has 2 rings (SSSR count). The lowest BCUT2D eigenvalue weighted by atomic mass is 10.1. The number of carbonyl (C=O) groups is 1. The quantitative estimate of drug-likeness (QED) is 0.880. The summed E-state index contributed by atoms with van der Waals surface area (Å²) in [4.78, 5) is 12.0. The second-order valence-corrected chi connectivity index (χ2v) is 5.44. The van der Waals surface area contributed by atoms with E-state index in [-0.39, 0.29) is 18.6 Å². The SMILES string of the molecule is CCc1ccc([C@@H](C)NC(=O)COc2ccccc2C)cc1. The Kier molecular flexibility index (Phi) is 5.59. The van der Waals surface area contributed by atoms with Gasteiger partial charge >= 0.3 is 0 Å². The van der Waals surface area contributed by atoms with E-state index in [4.69, 9.17) is 4.74 Å². The van der Waals surface area contributed by atoms with E-state index in [0.29, 0.717) is 0 Å². The summed E-state index contributed by atoms with van der Waals surface area (Å²) in [6.07, 6.45) is 1.02. The number of hydrogen-bond donors (Lipinski definition) is 1. The monoisotopic (exact) mass is 297 g/mol. The molecule has 0 aliphatic rings. The maximum absolute atomic E-state index is 12.0. The van der Waals surface area contributed by atoms with Crippen LogP contribution in [0.2, 0.25) is 0 Å². The number of para-hydroxylation sites is 1. The number of nitrogens with one attached hydrogen (secondary N) is 1. The molecule has 0 unspecified atom stereocenters. The van der Waals surface area contributed by atoms with Crippen LogP contribution < -0.4 is 10.1 Å². The summed E-state index contributed by atoms with van der Waals surface area (Å²) in [7, 11) is 0. The molecule has 1 amide bonds. The largest absolute Gasteiger partial charge is 0.484 e. The lowest BCUT2D eigenvalue weighted by Gasteiger charge is -2.15. The van der Waals surface area contributed by atoms with E-state index in [2.05, 4.69) is 36.5 Å². The molecule has 0 radical (unpaired) electrons. The smallest absolute Gasteiger partial charge is 0.258 e. The zero-order valence-electron chi connectivity index (χ0n) is 13.4. The third-order valence-corrected chi connectivity index (χ3v) is 3.72. The van der Waals surface area contributed by atoms with Crippen molar-refractivity contribution in [1.82, 2.24) is 5.32 Å². The Hall–Kier alpha value is -2.29. The number of amides is 1. The molecule has 0 saturated heterocycles. The van der Waals surface area contributed by atoms with E-state index in [1.165, 1.54) is 5.56 Å². The average molecular weight is 297 g/mol. The van der Waals surface area contributed by atoms with Crippen LogP contribution in [0.5, 0.6) is 5.75 Å². The standard InChI is InChI=1S/C19H23NO2/c1-4-16-9-11-17(12-10-16)15(3)20-19(21)13-22-18-8-6-5-7-14(18)2/h5-12,15H,4,13H2,1-3H3,(H,20,21)/t15-/m1/s1. The Morgan fingerprint density at radius 3 is 2.45 bits per heavy atom. The third kappa shape index (κ3) is 4.35. The van der Waals surface area contributed by atoms with E-state index in [1.54, 1.807) is 0 Å². The summed E-state index contributed by atoms with van der Waals surface area (Å²) in [6, 6.07) is 16.0. The van der Waals surface area contributed by atoms with Gasteiger partial charge in [-0.3, -0.25) is 4.79 Å². The van der Waals surface area contributed by atoms with Crippen LogP contribution in [0.1, 0.15) is 36.6 Å². The van der Waals surface area contributed by atoms with Gasteiger partial charge in [-0.25, -0.2) is 0 Å². The molecular weight excluding hydrogens is 274 g/mol. The highest BCUT2D eigenvalue weighted by atomic mass is 16.5. The topological polar surface area (TPSA) is 38.3 Å². The van der Waals surface area contributed by atoms with E-state index < -0.39 is 0 Å². The van der Waals surface area contributed by atoms with Gasteiger partial charge in [0, 0.05) is 0 Å². The van der Waals surface area contributed by atoms with Crippen LogP contribution in [0.4, 0.5) is 0 Å². The van der Waals surface area contributed by atoms with Gasteiger partial charge in [-0.1, -0.05) is 49.4 Å². The van der Waals surface area contributed by atoms with Gasteiger partial charge in [0.2, 0.25) is 0 Å². The summed E-state index contributed by atoms with van der Waals surface area (Å²) in [5.74, 6) is 0.632. The molecular formula is C19H23NO2. The molecule has 0 aliphatic carbocycles. The van der Waals surface area contributed by atoms with E-state index in [9.17, 15) is 4.79 Å². The van der Waals surface area contributed by atoms with Crippen LogP contribution >= 0.6 is 0 Å². The second-order valence-electron chi connectivity index (χ2n) is 5.44. The first-order chi connectivity index (χ1) is 10.6. The number of rotatable bonds is 6. The molecule has 1 N–H and O–H groups in total.